The smallest absolute Gasteiger partial charge is 0.397 e. The molecule has 0 unspecified atom stereocenters. The summed E-state index contributed by atoms with van der Waals surface area (Å²) in [6.45, 7) is -1.70. The van der Waals surface area contributed by atoms with Crippen molar-refractivity contribution in [2.75, 3.05) is 208 Å². The number of carboxylic acid groups (broad SMARTS) is 2. The Bertz CT molecular complexity index is 4580. The van der Waals surface area contributed by atoms with Crippen molar-refractivity contribution >= 4 is 110 Å². The first-order valence-corrected chi connectivity index (χ1v) is 53.1. The lowest BCUT2D eigenvalue weighted by atomic mass is 9.94. The highest BCUT2D eigenvalue weighted by Crippen LogP contribution is 2.42. The maximum atomic E-state index is 13.6. The van der Waals surface area contributed by atoms with Crippen LogP contribution in [0.2, 0.25) is 0 Å². The molecule has 143 heavy (non-hydrogen) atoms. The van der Waals surface area contributed by atoms with Crippen LogP contribution in [0.4, 0.5) is 4.79 Å². The lowest BCUT2D eigenvalue weighted by Gasteiger charge is -2.51. The fourth-order valence-corrected chi connectivity index (χ4v) is 19.8. The molecule has 7 aliphatic heterocycles. The molecule has 14 N–H and O–H groups in total. The summed E-state index contributed by atoms with van der Waals surface area (Å²) in [5.41, 5.74) is 0. The molecule has 0 radical (unpaired) electrons. The van der Waals surface area contributed by atoms with Crippen LogP contribution in [0, 0.1) is 0 Å². The average molecular weight is 2230 g/mol. The molecule has 0 spiro atoms. The summed E-state index contributed by atoms with van der Waals surface area (Å²) in [6, 6.07) is -0.953. The number of carbonyl (C=O) groups is 6. The number of hydrogen-bond donors (Lipinski definition) is 14. The standard InChI is InChI=1S/C73H128N6O57S7/c1-74-18-20-114-22-24-116-26-27-118-30-31-120-37-46(81)77-39(14-12-13-17-75-45(80)16-11-10-15-44-47-40(38-137-44)78-73(87)79-47)65(82)76-19-21-115-23-25-117-28-29-119-32-33-121-48-41(34-122-138(88,89)90)126-69(60(110-6)51(48)106-2)130-55-53(108-4)62(112-8)71(133-58(55)66(83)84)129-50-43(36-124-140(94,95)96)127-72(64(136-143(103,104)105)57(50)134-141(97,98)99)131-56-54(109-5)61(111-7)70(132-59(56)67(85)86)128-49-42(35-123-139(91,92)93)125-68(113-9)63(52(49)107-3)135-142(100,101)102/h39-44,47-64,68-72,74H,10-38H2,1-9H3,(H,75,80)(H,76,82)(H,77,81)(H,83,84)(H,85,86)(H2,78,79,87)(H,88,89,90)(H,91,92,93)(H,94,95,96)(H,97,98,99)(H,100,101,102)(H,103,104,105)/t39-,40-,41+,42+,43+,44-,47-,48+,49+,50+,51-,52-,53-,54-,55-,56-,57-,58-,59+,60+,61+,62+,63+,64+,68-,69+,70+,71+,72+/m0/s1. The minimum Gasteiger partial charge on any atom is -0.479 e. The molecule has 29 atom stereocenters. The van der Waals surface area contributed by atoms with E-state index in [4.69, 9.17) is 135 Å². The lowest BCUT2D eigenvalue weighted by Crippen LogP contribution is -2.70. The number of ether oxygens (including phenoxy) is 25. The van der Waals surface area contributed by atoms with Crippen molar-refractivity contribution in [2.24, 2.45) is 0 Å². The zero-order chi connectivity index (χ0) is 106. The molecule has 7 aliphatic rings. The van der Waals surface area contributed by atoms with Crippen molar-refractivity contribution in [1.29, 1.82) is 0 Å². The van der Waals surface area contributed by atoms with Crippen LogP contribution < -0.4 is 31.9 Å². The van der Waals surface area contributed by atoms with Crippen LogP contribution in [-0.4, -0.2) is 509 Å². The van der Waals surface area contributed by atoms with Crippen molar-refractivity contribution in [3.63, 3.8) is 0 Å². The molecule has 7 heterocycles. The highest BCUT2D eigenvalue weighted by molar-refractivity contribution is 8.00. The van der Waals surface area contributed by atoms with Gasteiger partial charge in [-0.15, -0.1) is 0 Å². The van der Waals surface area contributed by atoms with Crippen LogP contribution >= 0.6 is 11.8 Å². The molecule has 7 rings (SSSR count). The number of thioether (sulfide) groups is 1. The number of nitrogens with one attached hydrogen (secondary N) is 6. The summed E-state index contributed by atoms with van der Waals surface area (Å²) in [5, 5.41) is 39.4. The molecule has 70 heteroatoms. The van der Waals surface area contributed by atoms with E-state index in [1.165, 1.54) is 0 Å². The summed E-state index contributed by atoms with van der Waals surface area (Å²) < 4.78 is 380. The van der Waals surface area contributed by atoms with E-state index in [2.05, 4.69) is 40.3 Å². The molecule has 0 bridgehead atoms. The Balaban J connectivity index is 0.973. The predicted octanol–water partition coefficient (Wildman–Crippen LogP) is -7.57. The second-order valence-corrected chi connectivity index (χ2v) is 39.3. The highest BCUT2D eigenvalue weighted by atomic mass is 32.3. The number of aliphatic carboxylic acids is 2. The maximum absolute atomic E-state index is 13.6. The predicted molar refractivity (Wildman–Crippen MR) is 468 cm³/mol. The normalized spacial score (nSPS) is 31.2. The number of likely N-dealkylation sites (N-methyl/N-ethyl adjacent to an activating group) is 1. The molecule has 7 fully saturated rings. The first-order chi connectivity index (χ1) is 67.6. The average Bonchev–Trinajstić information content (AvgIpc) is 1.49. The van der Waals surface area contributed by atoms with Crippen LogP contribution in [-0.2, 0) is 230 Å². The van der Waals surface area contributed by atoms with Crippen molar-refractivity contribution in [2.45, 2.75) is 222 Å². The highest BCUT2D eigenvalue weighted by Gasteiger charge is 2.63. The number of urea groups is 1. The van der Waals surface area contributed by atoms with E-state index in [1.807, 2.05) is 7.05 Å². The summed E-state index contributed by atoms with van der Waals surface area (Å²) >= 11 is 1.80. The monoisotopic (exact) mass is 2220 g/mol. The Kier molecular flexibility index (Phi) is 53.9. The second-order valence-electron chi connectivity index (χ2n) is 31.6. The molecule has 5 amide bonds. The molecular weight excluding hydrogens is 2100 g/mol. The minimum atomic E-state index is -6.21. The van der Waals surface area contributed by atoms with Crippen LogP contribution in [0.1, 0.15) is 44.9 Å². The molecule has 0 aliphatic carbocycles. The van der Waals surface area contributed by atoms with Gasteiger partial charge in [-0.05, 0) is 39.2 Å². The van der Waals surface area contributed by atoms with Gasteiger partial charge in [-0.3, -0.25) is 41.7 Å². The second kappa shape index (κ2) is 61.6. The van der Waals surface area contributed by atoms with E-state index >= 15 is 0 Å². The molecule has 0 aromatic rings. The van der Waals surface area contributed by atoms with Gasteiger partial charge in [-0.2, -0.15) is 62.3 Å². The lowest BCUT2D eigenvalue weighted by molar-refractivity contribution is -0.389. The van der Waals surface area contributed by atoms with Gasteiger partial charge in [-0.25, -0.2) is 39.5 Å². The van der Waals surface area contributed by atoms with Crippen LogP contribution in [0.5, 0.6) is 0 Å². The number of methoxy groups -OCH3 is 8. The number of rotatable bonds is 72. The van der Waals surface area contributed by atoms with E-state index < -0.39 is 266 Å². The molecule has 0 saturated carbocycles. The van der Waals surface area contributed by atoms with Crippen molar-refractivity contribution in [3.8, 4) is 0 Å². The van der Waals surface area contributed by atoms with Gasteiger partial charge in [-0.1, -0.05) is 6.42 Å². The summed E-state index contributed by atoms with van der Waals surface area (Å²) in [7, 11) is -25.2. The summed E-state index contributed by atoms with van der Waals surface area (Å²) in [5.74, 6) is -4.53. The molecule has 834 valence electrons. The topological polar surface area (TPSA) is 827 Å². The summed E-state index contributed by atoms with van der Waals surface area (Å²) in [4.78, 5) is 78.2. The van der Waals surface area contributed by atoms with Gasteiger partial charge in [0.15, 0.2) is 55.9 Å². The third kappa shape index (κ3) is 42.4. The number of carboxylic acids is 2. The van der Waals surface area contributed by atoms with E-state index in [9.17, 15) is 117 Å². The van der Waals surface area contributed by atoms with Gasteiger partial charge >= 0.3 is 80.4 Å². The van der Waals surface area contributed by atoms with Gasteiger partial charge < -0.3 is 161 Å². The fraction of sp³-hybridized carbons (Fsp3) is 0.918. The Morgan fingerprint density at radius 2 is 0.776 bits per heavy atom. The van der Waals surface area contributed by atoms with Gasteiger partial charge in [0.2, 0.25) is 17.7 Å². The first kappa shape index (κ1) is 125. The Hall–Kier alpha value is -4.85. The third-order valence-electron chi connectivity index (χ3n) is 22.0. The first-order valence-electron chi connectivity index (χ1n) is 43.9. The van der Waals surface area contributed by atoms with Gasteiger partial charge in [0.25, 0.3) is 0 Å². The van der Waals surface area contributed by atoms with Gasteiger partial charge in [0.05, 0.1) is 124 Å². The zero-order valence-electron chi connectivity index (χ0n) is 78.7. The number of carbonyl (C=O) groups excluding carboxylic acids is 4. The summed E-state index contributed by atoms with van der Waals surface area (Å²) in [6.07, 6.45) is -52.3. The van der Waals surface area contributed by atoms with E-state index in [0.29, 0.717) is 65.2 Å². The Labute approximate surface area is 827 Å². The van der Waals surface area contributed by atoms with Crippen LogP contribution in [0.3, 0.4) is 0 Å². The Morgan fingerprint density at radius 3 is 1.22 bits per heavy atom. The maximum Gasteiger partial charge on any atom is 0.397 e. The zero-order valence-corrected chi connectivity index (χ0v) is 84.4. The van der Waals surface area contributed by atoms with Gasteiger partial charge in [0, 0.05) is 93.9 Å². The number of unbranched alkanes of at least 4 members (excludes halogenated alkanes) is 2. The molecule has 0 aromatic heterocycles. The van der Waals surface area contributed by atoms with E-state index in [-0.39, 0.29) is 115 Å². The Morgan fingerprint density at radius 1 is 0.392 bits per heavy atom. The number of hydrogen-bond acceptors (Lipinski definition) is 51. The van der Waals surface area contributed by atoms with E-state index in [0.717, 1.165) is 75.5 Å². The molecule has 7 saturated heterocycles. The quantitative estimate of drug-likeness (QED) is 0.0153. The molecule has 63 nitrogen and oxygen atoms in total. The van der Waals surface area contributed by atoms with Crippen molar-refractivity contribution in [3.05, 3.63) is 0 Å². The fourth-order valence-electron chi connectivity index (χ4n) is 15.9. The van der Waals surface area contributed by atoms with Crippen LogP contribution in [0.25, 0.3) is 0 Å². The largest absolute Gasteiger partial charge is 0.479 e. The number of fused-ring (bicyclic) bond motifs is 1. The number of amides is 5. The molecular formula is C73H128N6O57S7. The van der Waals surface area contributed by atoms with Crippen molar-refractivity contribution in [1.82, 2.24) is 31.9 Å². The third-order valence-corrected chi connectivity index (χ3v) is 26.2. The van der Waals surface area contributed by atoms with Crippen LogP contribution in [0.15, 0.2) is 0 Å². The minimum absolute atomic E-state index is 0.0107. The molecule has 0 aromatic carbocycles. The van der Waals surface area contributed by atoms with Crippen molar-refractivity contribution < 1.29 is 260 Å². The SMILES string of the molecule is CNCCOCCOCCOCCOCC(=O)N[C@@H](CCCCNC(=O)CCCC[C@@H]1SC[C@@H]2NC(=O)N[C@@H]21)C(=O)NCCOCCOCCOCCO[C@H]1[C@H](OC)[C@@H](OC)[C@@H](O[C@H]2[C@H](OC)[C@@H](OC)[C@H](O[C@H]3[C@H](OS(=O)(=O)O)[C@@H](OS(=O)(=O)O)[C@@H](O[C@H]4[C@H](OC)[C@@H](OC)[C@H](O[C@H]5[C@H](OC)[C@@H](OS(=O)(=O)O)[C@@H](OC)O[C@@H]5COS(=O)(=O)O)O[C@H]4C(=O)O)O[C@@H]3COS(=O)(=O)O)O[C@@H]2C(=O)O)O[C@@H]1COS(=O)(=O)O. The van der Waals surface area contributed by atoms with Gasteiger partial charge in [0.1, 0.15) is 110 Å². The van der Waals surface area contributed by atoms with E-state index in [1.54, 1.807) is 11.8 Å².